The number of hydrogen-bond donors (Lipinski definition) is 2. The van der Waals surface area contributed by atoms with E-state index in [0.29, 0.717) is 30.8 Å². The summed E-state index contributed by atoms with van der Waals surface area (Å²) in [6.45, 7) is 4.22. The van der Waals surface area contributed by atoms with E-state index in [1.165, 1.54) is 6.07 Å². The number of nitrogens with zero attached hydrogens (tertiary/aromatic N) is 2. The lowest BCUT2D eigenvalue weighted by Gasteiger charge is -2.22. The van der Waals surface area contributed by atoms with Crippen LogP contribution in [-0.2, 0) is 4.79 Å². The second kappa shape index (κ2) is 5.33. The molecule has 21 heavy (non-hydrogen) atoms. The fourth-order valence-electron chi connectivity index (χ4n) is 2.58. The van der Waals surface area contributed by atoms with E-state index < -0.39 is 22.3 Å². The van der Waals surface area contributed by atoms with Gasteiger partial charge in [-0.25, -0.2) is 0 Å². The van der Waals surface area contributed by atoms with Crippen LogP contribution < -0.4 is 10.6 Å². The number of nitrogens with two attached hydrogens (primary N) is 1. The Bertz CT molecular complexity index is 588. The highest BCUT2D eigenvalue weighted by Crippen LogP contribution is 2.38. The van der Waals surface area contributed by atoms with Crippen LogP contribution in [0.25, 0.3) is 0 Å². The summed E-state index contributed by atoms with van der Waals surface area (Å²) in [5.74, 6) is -0.395. The highest BCUT2D eigenvalue weighted by Gasteiger charge is 2.40. The van der Waals surface area contributed by atoms with Gasteiger partial charge in [0.1, 0.15) is 5.69 Å². The Hall–Kier alpha value is -2.15. The second-order valence-corrected chi connectivity index (χ2v) is 5.78. The second-order valence-electron chi connectivity index (χ2n) is 5.78. The molecule has 0 bridgehead atoms. The molecule has 0 spiro atoms. The van der Waals surface area contributed by atoms with Crippen molar-refractivity contribution in [2.45, 2.75) is 26.4 Å². The monoisotopic (exact) mass is 293 g/mol. The molecular weight excluding hydrogens is 274 g/mol. The number of aliphatic hydroxyl groups excluding tert-OH is 1. The number of hydrogen-bond acceptors (Lipinski definition) is 5. The normalized spacial score (nSPS) is 23.1. The van der Waals surface area contributed by atoms with E-state index in [2.05, 4.69) is 0 Å². The first kappa shape index (κ1) is 15.2. The Morgan fingerprint density at radius 3 is 2.71 bits per heavy atom. The molecule has 0 radical (unpaired) electrons. The minimum atomic E-state index is -0.771. The molecule has 2 atom stereocenters. The number of benzene rings is 1. The van der Waals surface area contributed by atoms with Gasteiger partial charge in [0.25, 0.3) is 5.69 Å². The molecule has 7 nitrogen and oxygen atoms in total. The largest absolute Gasteiger partial charge is 0.389 e. The number of nitro groups is 1. The number of primary amides is 1. The SMILES string of the molecule is C[C@@H](O)c1ccc(N2CCC(C)(C(N)=O)C2)c([N+](=O)[O-])c1. The van der Waals surface area contributed by atoms with Crippen molar-refractivity contribution in [1.29, 1.82) is 0 Å². The number of carbonyl (C=O) groups excluding carboxylic acids is 1. The van der Waals surface area contributed by atoms with Gasteiger partial charge < -0.3 is 15.7 Å². The summed E-state index contributed by atoms with van der Waals surface area (Å²) < 4.78 is 0. The summed E-state index contributed by atoms with van der Waals surface area (Å²) in [5.41, 5.74) is 5.61. The Labute approximate surface area is 122 Å². The Balaban J connectivity index is 2.37. The summed E-state index contributed by atoms with van der Waals surface area (Å²) in [7, 11) is 0. The zero-order chi connectivity index (χ0) is 15.8. The van der Waals surface area contributed by atoms with Gasteiger partial charge >= 0.3 is 0 Å². The minimum Gasteiger partial charge on any atom is -0.389 e. The van der Waals surface area contributed by atoms with Gasteiger partial charge in [-0.3, -0.25) is 14.9 Å². The Kier molecular flexibility index (Phi) is 3.87. The lowest BCUT2D eigenvalue weighted by molar-refractivity contribution is -0.384. The van der Waals surface area contributed by atoms with Crippen LogP contribution in [0.4, 0.5) is 11.4 Å². The Morgan fingerprint density at radius 1 is 1.57 bits per heavy atom. The summed E-state index contributed by atoms with van der Waals surface area (Å²) in [6.07, 6.45) is -0.204. The standard InChI is InChI=1S/C14H19N3O4/c1-9(18)10-3-4-11(12(7-10)17(20)21)16-6-5-14(2,8-16)13(15)19/h3-4,7,9,18H,5-6,8H2,1-2H3,(H2,15,19)/t9-,14?/m1/s1. The maximum absolute atomic E-state index is 11.5. The third-order valence-corrected chi connectivity index (χ3v) is 4.09. The maximum atomic E-state index is 11.5. The molecule has 1 unspecified atom stereocenters. The first-order valence-corrected chi connectivity index (χ1v) is 6.76. The molecule has 7 heteroatoms. The molecule has 1 aliphatic heterocycles. The van der Waals surface area contributed by atoms with Gasteiger partial charge in [-0.05, 0) is 31.9 Å². The number of amides is 1. The summed E-state index contributed by atoms with van der Waals surface area (Å²) in [5, 5.41) is 20.8. The van der Waals surface area contributed by atoms with Crippen molar-refractivity contribution in [1.82, 2.24) is 0 Å². The molecule has 0 saturated carbocycles. The molecule has 1 aromatic rings. The average Bonchev–Trinajstić information content (AvgIpc) is 2.82. The summed E-state index contributed by atoms with van der Waals surface area (Å²) >= 11 is 0. The van der Waals surface area contributed by atoms with Crippen LogP contribution >= 0.6 is 0 Å². The van der Waals surface area contributed by atoms with Crippen molar-refractivity contribution < 1.29 is 14.8 Å². The number of rotatable bonds is 4. The van der Waals surface area contributed by atoms with E-state index in [9.17, 15) is 20.0 Å². The van der Waals surface area contributed by atoms with Crippen LogP contribution in [0.3, 0.4) is 0 Å². The van der Waals surface area contributed by atoms with Crippen molar-refractivity contribution in [3.63, 3.8) is 0 Å². The number of aliphatic hydroxyl groups is 1. The topological polar surface area (TPSA) is 110 Å². The summed E-state index contributed by atoms with van der Waals surface area (Å²) in [4.78, 5) is 24.1. The minimum absolute atomic E-state index is 0.0675. The van der Waals surface area contributed by atoms with Gasteiger partial charge in [-0.2, -0.15) is 0 Å². The third-order valence-electron chi connectivity index (χ3n) is 4.09. The molecule has 1 fully saturated rings. The zero-order valence-corrected chi connectivity index (χ0v) is 12.1. The number of anilines is 1. The van der Waals surface area contributed by atoms with E-state index >= 15 is 0 Å². The van der Waals surface area contributed by atoms with E-state index in [1.54, 1.807) is 30.9 Å². The molecule has 1 aromatic carbocycles. The molecule has 0 aromatic heterocycles. The average molecular weight is 293 g/mol. The van der Waals surface area contributed by atoms with Crippen LogP contribution in [0.1, 0.15) is 31.9 Å². The fraction of sp³-hybridized carbons (Fsp3) is 0.500. The number of carbonyl (C=O) groups is 1. The van der Waals surface area contributed by atoms with Gasteiger partial charge in [-0.1, -0.05) is 6.07 Å². The van der Waals surface area contributed by atoms with Gasteiger partial charge in [0.05, 0.1) is 16.4 Å². The predicted octanol–water partition coefficient (Wildman–Crippen LogP) is 1.35. The fourth-order valence-corrected chi connectivity index (χ4v) is 2.58. The highest BCUT2D eigenvalue weighted by atomic mass is 16.6. The van der Waals surface area contributed by atoms with E-state index in [0.717, 1.165) is 0 Å². The first-order valence-electron chi connectivity index (χ1n) is 6.76. The first-order chi connectivity index (χ1) is 9.74. The molecule has 1 saturated heterocycles. The van der Waals surface area contributed by atoms with Crippen molar-refractivity contribution in [2.75, 3.05) is 18.0 Å². The van der Waals surface area contributed by atoms with Crippen LogP contribution in [0.5, 0.6) is 0 Å². The molecule has 1 aliphatic rings. The molecule has 2 rings (SSSR count). The number of nitro benzene ring substituents is 1. The lowest BCUT2D eigenvalue weighted by atomic mass is 9.89. The van der Waals surface area contributed by atoms with E-state index in [-0.39, 0.29) is 5.69 Å². The predicted molar refractivity (Wildman–Crippen MR) is 77.9 cm³/mol. The van der Waals surface area contributed by atoms with Gasteiger partial charge in [0, 0.05) is 19.2 Å². The molecule has 1 amide bonds. The van der Waals surface area contributed by atoms with Crippen LogP contribution in [0.2, 0.25) is 0 Å². The van der Waals surface area contributed by atoms with Crippen molar-refractivity contribution >= 4 is 17.3 Å². The van der Waals surface area contributed by atoms with Crippen LogP contribution in [-0.4, -0.2) is 29.0 Å². The third kappa shape index (κ3) is 2.82. The van der Waals surface area contributed by atoms with E-state index in [1.807, 2.05) is 0 Å². The quantitative estimate of drug-likeness (QED) is 0.643. The molecule has 3 N–H and O–H groups in total. The molecular formula is C14H19N3O4. The zero-order valence-electron chi connectivity index (χ0n) is 12.1. The molecule has 1 heterocycles. The Morgan fingerprint density at radius 2 is 2.24 bits per heavy atom. The van der Waals surface area contributed by atoms with Crippen LogP contribution in [0, 0.1) is 15.5 Å². The lowest BCUT2D eigenvalue weighted by Crippen LogP contribution is -2.37. The van der Waals surface area contributed by atoms with Gasteiger partial charge in [0.2, 0.25) is 5.91 Å². The van der Waals surface area contributed by atoms with Crippen molar-refractivity contribution in [3.05, 3.63) is 33.9 Å². The van der Waals surface area contributed by atoms with Crippen molar-refractivity contribution in [2.24, 2.45) is 11.1 Å². The van der Waals surface area contributed by atoms with Crippen molar-refractivity contribution in [3.8, 4) is 0 Å². The van der Waals surface area contributed by atoms with E-state index in [4.69, 9.17) is 5.73 Å². The smallest absolute Gasteiger partial charge is 0.292 e. The maximum Gasteiger partial charge on any atom is 0.292 e. The van der Waals surface area contributed by atoms with Crippen LogP contribution in [0.15, 0.2) is 18.2 Å². The van der Waals surface area contributed by atoms with Gasteiger partial charge in [-0.15, -0.1) is 0 Å². The summed E-state index contributed by atoms with van der Waals surface area (Å²) in [6, 6.07) is 4.65. The van der Waals surface area contributed by atoms with Gasteiger partial charge in [0.15, 0.2) is 0 Å². The highest BCUT2D eigenvalue weighted by molar-refractivity contribution is 5.82. The molecule has 114 valence electrons. The molecule has 0 aliphatic carbocycles.